The minimum atomic E-state index is -0.952. The quantitative estimate of drug-likeness (QED) is 0.884. The van der Waals surface area contributed by atoms with Gasteiger partial charge in [0.25, 0.3) is 0 Å². The summed E-state index contributed by atoms with van der Waals surface area (Å²) in [4.78, 5) is 10.9. The predicted octanol–water partition coefficient (Wildman–Crippen LogP) is 2.98. The third-order valence-electron chi connectivity index (χ3n) is 2.75. The fourth-order valence-electron chi connectivity index (χ4n) is 1.78. The van der Waals surface area contributed by atoms with Crippen molar-refractivity contribution in [2.24, 2.45) is 0 Å². The van der Waals surface area contributed by atoms with Gasteiger partial charge in [0.15, 0.2) is 0 Å². The average Bonchev–Trinajstić information content (AvgIpc) is 2.38. The molecule has 0 fully saturated rings. The lowest BCUT2D eigenvalue weighted by atomic mass is 10.1. The topological polar surface area (TPSA) is 66.8 Å². The van der Waals surface area contributed by atoms with Crippen molar-refractivity contribution >= 4 is 5.97 Å². The summed E-state index contributed by atoms with van der Waals surface area (Å²) in [6.07, 6.45) is 0. The zero-order chi connectivity index (χ0) is 13.8. The van der Waals surface area contributed by atoms with Crippen molar-refractivity contribution in [3.63, 3.8) is 0 Å². The number of ether oxygens (including phenoxy) is 1. The van der Waals surface area contributed by atoms with Crippen LogP contribution in [0.15, 0.2) is 42.5 Å². The van der Waals surface area contributed by atoms with Gasteiger partial charge in [0.2, 0.25) is 0 Å². The van der Waals surface area contributed by atoms with E-state index in [4.69, 9.17) is 14.9 Å². The molecule has 0 aliphatic carbocycles. The van der Waals surface area contributed by atoms with Crippen LogP contribution in [0.25, 0.3) is 0 Å². The zero-order valence-electron chi connectivity index (χ0n) is 10.5. The van der Waals surface area contributed by atoms with Crippen molar-refractivity contribution < 1.29 is 19.7 Å². The zero-order valence-corrected chi connectivity index (χ0v) is 10.5. The maximum absolute atomic E-state index is 10.9. The van der Waals surface area contributed by atoms with Crippen LogP contribution in [-0.4, -0.2) is 16.2 Å². The molecule has 2 N–H and O–H groups in total. The Labute approximate surface area is 110 Å². The highest BCUT2D eigenvalue weighted by Crippen LogP contribution is 2.24. The fourth-order valence-corrected chi connectivity index (χ4v) is 1.78. The van der Waals surface area contributed by atoms with Gasteiger partial charge in [-0.15, -0.1) is 0 Å². The first-order valence-electron chi connectivity index (χ1n) is 5.82. The van der Waals surface area contributed by atoms with Crippen molar-refractivity contribution in [2.75, 3.05) is 0 Å². The highest BCUT2D eigenvalue weighted by Gasteiger charge is 2.08. The molecule has 2 rings (SSSR count). The lowest BCUT2D eigenvalue weighted by molar-refractivity contribution is 0.0696. The molecule has 0 saturated heterocycles. The van der Waals surface area contributed by atoms with Gasteiger partial charge in [-0.2, -0.15) is 0 Å². The highest BCUT2D eigenvalue weighted by atomic mass is 16.5. The second-order valence-electron chi connectivity index (χ2n) is 4.19. The van der Waals surface area contributed by atoms with Crippen LogP contribution in [0.4, 0.5) is 0 Å². The SMILES string of the molecule is Cc1cc(Oc2cccc(CO)c2)ccc1C(=O)O. The Morgan fingerprint density at radius 1 is 1.16 bits per heavy atom. The first kappa shape index (κ1) is 13.1. The summed E-state index contributed by atoms with van der Waals surface area (Å²) < 4.78 is 5.63. The van der Waals surface area contributed by atoms with E-state index in [1.165, 1.54) is 6.07 Å². The largest absolute Gasteiger partial charge is 0.478 e. The maximum atomic E-state index is 10.9. The van der Waals surface area contributed by atoms with Crippen molar-refractivity contribution in [2.45, 2.75) is 13.5 Å². The van der Waals surface area contributed by atoms with Gasteiger partial charge in [-0.25, -0.2) is 4.79 Å². The first-order chi connectivity index (χ1) is 9.10. The molecule has 0 amide bonds. The van der Waals surface area contributed by atoms with E-state index in [0.717, 1.165) is 5.56 Å². The van der Waals surface area contributed by atoms with Gasteiger partial charge in [-0.05, 0) is 48.4 Å². The van der Waals surface area contributed by atoms with Crippen LogP contribution in [0.5, 0.6) is 11.5 Å². The van der Waals surface area contributed by atoms with Crippen molar-refractivity contribution in [3.8, 4) is 11.5 Å². The number of aliphatic hydroxyl groups is 1. The lowest BCUT2D eigenvalue weighted by Gasteiger charge is -2.08. The smallest absolute Gasteiger partial charge is 0.335 e. The van der Waals surface area contributed by atoms with Gasteiger partial charge in [0, 0.05) is 0 Å². The molecule has 0 aromatic heterocycles. The van der Waals surface area contributed by atoms with E-state index in [-0.39, 0.29) is 12.2 Å². The van der Waals surface area contributed by atoms with Crippen molar-refractivity contribution in [3.05, 3.63) is 59.2 Å². The number of aliphatic hydroxyl groups excluding tert-OH is 1. The minimum absolute atomic E-state index is 0.0474. The number of hydrogen-bond acceptors (Lipinski definition) is 3. The number of carbonyl (C=O) groups is 1. The Balaban J connectivity index is 2.23. The molecule has 4 nitrogen and oxygen atoms in total. The summed E-state index contributed by atoms with van der Waals surface area (Å²) >= 11 is 0. The van der Waals surface area contributed by atoms with E-state index in [1.54, 1.807) is 43.3 Å². The van der Waals surface area contributed by atoms with E-state index in [2.05, 4.69) is 0 Å². The number of rotatable bonds is 4. The van der Waals surface area contributed by atoms with E-state index < -0.39 is 5.97 Å². The number of carboxylic acid groups (broad SMARTS) is 1. The monoisotopic (exact) mass is 258 g/mol. The molecule has 2 aromatic rings. The van der Waals surface area contributed by atoms with Gasteiger partial charge < -0.3 is 14.9 Å². The van der Waals surface area contributed by atoms with Gasteiger partial charge in [0.1, 0.15) is 11.5 Å². The van der Waals surface area contributed by atoms with Crippen LogP contribution in [0.3, 0.4) is 0 Å². The molecule has 0 unspecified atom stereocenters. The lowest BCUT2D eigenvalue weighted by Crippen LogP contribution is -1.99. The number of aromatic carboxylic acids is 1. The standard InChI is InChI=1S/C15H14O4/c1-10-7-13(5-6-14(10)15(17)18)19-12-4-2-3-11(8-12)9-16/h2-8,16H,9H2,1H3,(H,17,18). The Kier molecular flexibility index (Phi) is 3.82. The van der Waals surface area contributed by atoms with Crippen LogP contribution in [0.2, 0.25) is 0 Å². The van der Waals surface area contributed by atoms with Crippen LogP contribution < -0.4 is 4.74 Å². The molecule has 0 spiro atoms. The van der Waals surface area contributed by atoms with E-state index >= 15 is 0 Å². The fraction of sp³-hybridized carbons (Fsp3) is 0.133. The highest BCUT2D eigenvalue weighted by molar-refractivity contribution is 5.89. The number of hydrogen-bond donors (Lipinski definition) is 2. The summed E-state index contributed by atoms with van der Waals surface area (Å²) in [7, 11) is 0. The van der Waals surface area contributed by atoms with Gasteiger partial charge in [-0.3, -0.25) is 0 Å². The third-order valence-corrected chi connectivity index (χ3v) is 2.75. The van der Waals surface area contributed by atoms with Crippen molar-refractivity contribution in [1.82, 2.24) is 0 Å². The van der Waals surface area contributed by atoms with Gasteiger partial charge in [0.05, 0.1) is 12.2 Å². The molecule has 98 valence electrons. The third kappa shape index (κ3) is 3.11. The maximum Gasteiger partial charge on any atom is 0.335 e. The molecule has 0 saturated carbocycles. The molecule has 0 radical (unpaired) electrons. The van der Waals surface area contributed by atoms with Gasteiger partial charge in [-0.1, -0.05) is 12.1 Å². The molecule has 0 aliphatic rings. The molecule has 2 aromatic carbocycles. The molecule has 0 bridgehead atoms. The predicted molar refractivity (Wildman–Crippen MR) is 70.6 cm³/mol. The van der Waals surface area contributed by atoms with Crippen LogP contribution in [0.1, 0.15) is 21.5 Å². The summed E-state index contributed by atoms with van der Waals surface area (Å²) in [5, 5.41) is 18.0. The first-order valence-corrected chi connectivity index (χ1v) is 5.82. The summed E-state index contributed by atoms with van der Waals surface area (Å²) in [6, 6.07) is 11.9. The van der Waals surface area contributed by atoms with Crippen LogP contribution >= 0.6 is 0 Å². The molecule has 4 heteroatoms. The average molecular weight is 258 g/mol. The second-order valence-corrected chi connectivity index (χ2v) is 4.19. The Hall–Kier alpha value is -2.33. The van der Waals surface area contributed by atoms with Crippen molar-refractivity contribution in [1.29, 1.82) is 0 Å². The molecular formula is C15H14O4. The van der Waals surface area contributed by atoms with Crippen LogP contribution in [0, 0.1) is 6.92 Å². The Morgan fingerprint density at radius 3 is 2.53 bits per heavy atom. The van der Waals surface area contributed by atoms with E-state index in [1.807, 2.05) is 0 Å². The molecule has 0 atom stereocenters. The molecule has 0 aliphatic heterocycles. The number of aryl methyl sites for hydroxylation is 1. The van der Waals surface area contributed by atoms with Crippen LogP contribution in [-0.2, 0) is 6.61 Å². The summed E-state index contributed by atoms with van der Waals surface area (Å²) in [6.45, 7) is 1.68. The number of carboxylic acids is 1. The number of benzene rings is 2. The normalized spacial score (nSPS) is 10.2. The Bertz CT molecular complexity index is 605. The van der Waals surface area contributed by atoms with E-state index in [0.29, 0.717) is 17.1 Å². The second kappa shape index (κ2) is 5.54. The molecular weight excluding hydrogens is 244 g/mol. The van der Waals surface area contributed by atoms with Gasteiger partial charge >= 0.3 is 5.97 Å². The minimum Gasteiger partial charge on any atom is -0.478 e. The molecule has 19 heavy (non-hydrogen) atoms. The Morgan fingerprint density at radius 2 is 1.89 bits per heavy atom. The summed E-state index contributed by atoms with van der Waals surface area (Å²) in [5.41, 5.74) is 1.66. The molecule has 0 heterocycles. The summed E-state index contributed by atoms with van der Waals surface area (Å²) in [5.74, 6) is 0.220. The van der Waals surface area contributed by atoms with E-state index in [9.17, 15) is 4.79 Å².